The lowest BCUT2D eigenvalue weighted by molar-refractivity contribution is 0.389. The molecule has 5 heteroatoms. The van der Waals surface area contributed by atoms with Crippen LogP contribution >= 0.6 is 0 Å². The molecule has 84 valence electrons. The van der Waals surface area contributed by atoms with Gasteiger partial charge in [0.1, 0.15) is 5.76 Å². The molecule has 2 aromatic rings. The monoisotopic (exact) mass is 219 g/mol. The van der Waals surface area contributed by atoms with E-state index in [0.717, 1.165) is 41.4 Å². The lowest BCUT2D eigenvalue weighted by atomic mass is 9.99. The Kier molecular flexibility index (Phi) is 2.07. The predicted molar refractivity (Wildman–Crippen MR) is 56.9 cm³/mol. The van der Waals surface area contributed by atoms with Crippen LogP contribution in [0, 0.1) is 6.92 Å². The van der Waals surface area contributed by atoms with E-state index < -0.39 is 0 Å². The highest BCUT2D eigenvalue weighted by Crippen LogP contribution is 2.32. The quantitative estimate of drug-likeness (QED) is 0.792. The van der Waals surface area contributed by atoms with Crippen LogP contribution in [0.2, 0.25) is 0 Å². The largest absolute Gasteiger partial charge is 0.361 e. The second kappa shape index (κ2) is 3.45. The zero-order valence-corrected chi connectivity index (χ0v) is 9.28. The van der Waals surface area contributed by atoms with E-state index in [4.69, 9.17) is 9.05 Å². The van der Waals surface area contributed by atoms with E-state index in [1.165, 1.54) is 0 Å². The first-order chi connectivity index (χ1) is 7.75. The molecule has 0 aromatic carbocycles. The summed E-state index contributed by atoms with van der Waals surface area (Å²) in [5.74, 6) is 1.50. The van der Waals surface area contributed by atoms with E-state index in [-0.39, 0.29) is 6.04 Å². The molecule has 3 heterocycles. The van der Waals surface area contributed by atoms with Crippen molar-refractivity contribution in [2.24, 2.45) is 0 Å². The zero-order chi connectivity index (χ0) is 11.1. The van der Waals surface area contributed by atoms with Gasteiger partial charge in [-0.25, -0.2) is 0 Å². The highest BCUT2D eigenvalue weighted by atomic mass is 16.5. The van der Waals surface area contributed by atoms with Crippen LogP contribution in [0.1, 0.15) is 30.0 Å². The minimum absolute atomic E-state index is 0.252. The van der Waals surface area contributed by atoms with Gasteiger partial charge in [-0.1, -0.05) is 10.3 Å². The van der Waals surface area contributed by atoms with Crippen molar-refractivity contribution < 1.29 is 9.05 Å². The molecule has 0 amide bonds. The van der Waals surface area contributed by atoms with Crippen molar-refractivity contribution in [3.05, 3.63) is 23.1 Å². The Bertz CT molecular complexity index is 515. The van der Waals surface area contributed by atoms with Crippen LogP contribution in [-0.4, -0.2) is 16.9 Å². The molecule has 0 spiro atoms. The second-order valence-corrected chi connectivity index (χ2v) is 4.12. The Morgan fingerprint density at radius 2 is 2.25 bits per heavy atom. The highest BCUT2D eigenvalue weighted by Gasteiger charge is 2.26. The molecule has 5 nitrogen and oxygen atoms in total. The van der Waals surface area contributed by atoms with E-state index in [1.807, 2.05) is 13.0 Å². The third-order valence-corrected chi connectivity index (χ3v) is 2.91. The Hall–Kier alpha value is -1.62. The number of aryl methyl sites for hydroxylation is 1. The maximum absolute atomic E-state index is 5.37. The van der Waals surface area contributed by atoms with Crippen molar-refractivity contribution in [1.82, 2.24) is 15.6 Å². The van der Waals surface area contributed by atoms with Crippen molar-refractivity contribution in [3.8, 4) is 11.5 Å². The Labute approximate surface area is 92.8 Å². The lowest BCUT2D eigenvalue weighted by Crippen LogP contribution is -2.27. The molecule has 0 radical (unpaired) electrons. The third kappa shape index (κ3) is 1.36. The van der Waals surface area contributed by atoms with Crippen molar-refractivity contribution in [1.29, 1.82) is 0 Å². The number of rotatable bonds is 1. The van der Waals surface area contributed by atoms with E-state index in [9.17, 15) is 0 Å². The summed E-state index contributed by atoms with van der Waals surface area (Å²) in [5, 5.41) is 11.4. The summed E-state index contributed by atoms with van der Waals surface area (Å²) >= 11 is 0. The highest BCUT2D eigenvalue weighted by molar-refractivity contribution is 5.59. The molecule has 3 rings (SSSR count). The topological polar surface area (TPSA) is 64.1 Å². The number of hydrogen-bond donors (Lipinski definition) is 1. The van der Waals surface area contributed by atoms with Gasteiger partial charge in [-0.15, -0.1) is 0 Å². The van der Waals surface area contributed by atoms with Gasteiger partial charge in [0.25, 0.3) is 0 Å². The number of fused-ring (bicyclic) bond motifs is 1. The average Bonchev–Trinajstić information content (AvgIpc) is 2.84. The average molecular weight is 219 g/mol. The summed E-state index contributed by atoms with van der Waals surface area (Å²) in [6.07, 6.45) is 0.903. The number of hydrogen-bond acceptors (Lipinski definition) is 5. The molecule has 1 N–H and O–H groups in total. The Morgan fingerprint density at radius 1 is 1.38 bits per heavy atom. The van der Waals surface area contributed by atoms with Crippen LogP contribution < -0.4 is 5.32 Å². The maximum Gasteiger partial charge on any atom is 0.193 e. The van der Waals surface area contributed by atoms with Crippen molar-refractivity contribution in [2.75, 3.05) is 6.54 Å². The summed E-state index contributed by atoms with van der Waals surface area (Å²) in [6, 6.07) is 2.12. The number of nitrogens with zero attached hydrogens (tertiary/aromatic N) is 2. The standard InChI is InChI=1S/C11H13N3O2/c1-6-5-9(14-15-6)11-10-7(2)12-4-3-8(10)13-16-11/h5,7,12H,3-4H2,1-2H3/t7-/m0/s1. The van der Waals surface area contributed by atoms with Gasteiger partial charge < -0.3 is 14.4 Å². The first-order valence-electron chi connectivity index (χ1n) is 5.41. The van der Waals surface area contributed by atoms with Gasteiger partial charge in [0.05, 0.1) is 5.69 Å². The molecule has 1 atom stereocenters. The minimum Gasteiger partial charge on any atom is -0.361 e. The SMILES string of the molecule is Cc1cc(-c2onc3c2[C@H](C)NCC3)no1. The summed E-state index contributed by atoms with van der Waals surface area (Å²) in [4.78, 5) is 0. The van der Waals surface area contributed by atoms with Gasteiger partial charge in [0, 0.05) is 30.6 Å². The van der Waals surface area contributed by atoms with Gasteiger partial charge in [0.2, 0.25) is 0 Å². The molecule has 0 unspecified atom stereocenters. The van der Waals surface area contributed by atoms with Crippen molar-refractivity contribution >= 4 is 0 Å². The summed E-state index contributed by atoms with van der Waals surface area (Å²) < 4.78 is 10.4. The van der Waals surface area contributed by atoms with Gasteiger partial charge in [-0.2, -0.15) is 0 Å². The van der Waals surface area contributed by atoms with E-state index in [1.54, 1.807) is 0 Å². The molecule has 1 aliphatic rings. The van der Waals surface area contributed by atoms with Crippen LogP contribution in [0.4, 0.5) is 0 Å². The molecular formula is C11H13N3O2. The molecule has 16 heavy (non-hydrogen) atoms. The second-order valence-electron chi connectivity index (χ2n) is 4.12. The van der Waals surface area contributed by atoms with Crippen LogP contribution in [0.3, 0.4) is 0 Å². The van der Waals surface area contributed by atoms with E-state index in [2.05, 4.69) is 22.6 Å². The maximum atomic E-state index is 5.37. The fourth-order valence-electron chi connectivity index (χ4n) is 2.12. The van der Waals surface area contributed by atoms with E-state index in [0.29, 0.717) is 0 Å². The normalized spacial score (nSPS) is 19.8. The van der Waals surface area contributed by atoms with Crippen LogP contribution in [0.25, 0.3) is 11.5 Å². The van der Waals surface area contributed by atoms with Gasteiger partial charge in [0.15, 0.2) is 11.5 Å². The molecule has 0 saturated heterocycles. The molecule has 0 fully saturated rings. The molecule has 1 aliphatic heterocycles. The zero-order valence-electron chi connectivity index (χ0n) is 9.28. The number of nitrogens with one attached hydrogen (secondary N) is 1. The summed E-state index contributed by atoms with van der Waals surface area (Å²) in [6.45, 7) is 4.91. The number of aromatic nitrogens is 2. The molecule has 0 aliphatic carbocycles. The lowest BCUT2D eigenvalue weighted by Gasteiger charge is -2.18. The van der Waals surface area contributed by atoms with Crippen LogP contribution in [-0.2, 0) is 6.42 Å². The molecular weight excluding hydrogens is 206 g/mol. The van der Waals surface area contributed by atoms with Crippen molar-refractivity contribution in [2.45, 2.75) is 26.3 Å². The molecule has 0 saturated carbocycles. The fraction of sp³-hybridized carbons (Fsp3) is 0.455. The Morgan fingerprint density at radius 3 is 3.00 bits per heavy atom. The van der Waals surface area contributed by atoms with Gasteiger partial charge in [-0.3, -0.25) is 0 Å². The predicted octanol–water partition coefficient (Wildman–Crippen LogP) is 1.84. The Balaban J connectivity index is 2.12. The van der Waals surface area contributed by atoms with Crippen LogP contribution in [0.5, 0.6) is 0 Å². The smallest absolute Gasteiger partial charge is 0.193 e. The fourth-order valence-corrected chi connectivity index (χ4v) is 2.12. The first-order valence-corrected chi connectivity index (χ1v) is 5.41. The summed E-state index contributed by atoms with van der Waals surface area (Å²) in [5.41, 5.74) is 2.86. The minimum atomic E-state index is 0.252. The van der Waals surface area contributed by atoms with Crippen LogP contribution in [0.15, 0.2) is 15.1 Å². The van der Waals surface area contributed by atoms with E-state index >= 15 is 0 Å². The molecule has 0 bridgehead atoms. The first kappa shape index (κ1) is 9.59. The van der Waals surface area contributed by atoms with Crippen molar-refractivity contribution in [3.63, 3.8) is 0 Å². The summed E-state index contributed by atoms with van der Waals surface area (Å²) in [7, 11) is 0. The third-order valence-electron chi connectivity index (χ3n) is 2.91. The molecule has 2 aromatic heterocycles. The van der Waals surface area contributed by atoms with Gasteiger partial charge in [-0.05, 0) is 13.8 Å². The van der Waals surface area contributed by atoms with Gasteiger partial charge >= 0.3 is 0 Å².